The first-order valence-electron chi connectivity index (χ1n) is 6.91. The molecule has 0 amide bonds. The highest BCUT2D eigenvalue weighted by atomic mass is 32.2. The highest BCUT2D eigenvalue weighted by molar-refractivity contribution is 7.91. The summed E-state index contributed by atoms with van der Waals surface area (Å²) in [5, 5.41) is 11.7. The van der Waals surface area contributed by atoms with Gasteiger partial charge in [0.1, 0.15) is 6.61 Å². The summed E-state index contributed by atoms with van der Waals surface area (Å²) in [4.78, 5) is 0. The lowest BCUT2D eigenvalue weighted by atomic mass is 10.1. The van der Waals surface area contributed by atoms with Gasteiger partial charge in [-0.3, -0.25) is 0 Å². The van der Waals surface area contributed by atoms with Crippen molar-refractivity contribution in [2.45, 2.75) is 6.42 Å². The van der Waals surface area contributed by atoms with Crippen LogP contribution in [-0.2, 0) is 24.0 Å². The van der Waals surface area contributed by atoms with Crippen LogP contribution in [-0.4, -0.2) is 76.4 Å². The monoisotopic (exact) mass is 341 g/mol. The van der Waals surface area contributed by atoms with Crippen LogP contribution < -0.4 is 5.32 Å². The molecule has 7 nitrogen and oxygen atoms in total. The SMILES string of the molecule is O=S1(=O)CC[C@H](CNC(=S)OCCOCCOCCO)C1. The molecule has 0 aromatic carbocycles. The number of nitrogens with one attached hydrogen (secondary N) is 1. The van der Waals surface area contributed by atoms with Gasteiger partial charge in [0.2, 0.25) is 0 Å². The summed E-state index contributed by atoms with van der Waals surface area (Å²) in [6.07, 6.45) is 0.675. The van der Waals surface area contributed by atoms with E-state index in [0.717, 1.165) is 0 Å². The van der Waals surface area contributed by atoms with Gasteiger partial charge in [0, 0.05) is 6.54 Å². The molecular weight excluding hydrogens is 318 g/mol. The minimum absolute atomic E-state index is 0.00530. The van der Waals surface area contributed by atoms with E-state index >= 15 is 0 Å². The first-order chi connectivity index (χ1) is 10.0. The fraction of sp³-hybridized carbons (Fsp3) is 0.917. The maximum atomic E-state index is 11.3. The van der Waals surface area contributed by atoms with Gasteiger partial charge >= 0.3 is 0 Å². The van der Waals surface area contributed by atoms with Crippen LogP contribution in [0.3, 0.4) is 0 Å². The summed E-state index contributed by atoms with van der Waals surface area (Å²) < 4.78 is 38.1. The van der Waals surface area contributed by atoms with Crippen LogP contribution in [0.2, 0.25) is 0 Å². The van der Waals surface area contributed by atoms with E-state index < -0.39 is 9.84 Å². The predicted molar refractivity (Wildman–Crippen MR) is 82.0 cm³/mol. The van der Waals surface area contributed by atoms with E-state index in [9.17, 15) is 8.42 Å². The average molecular weight is 341 g/mol. The van der Waals surface area contributed by atoms with Gasteiger partial charge in [-0.05, 0) is 24.6 Å². The lowest BCUT2D eigenvalue weighted by Gasteiger charge is -2.12. The standard InChI is InChI=1S/C12H23NO6S2/c14-2-3-17-4-5-18-6-7-19-12(20)13-9-11-1-8-21(15,16)10-11/h11,14H,1-10H2,(H,13,20)/t11-/m1/s1. The number of rotatable bonds is 10. The Morgan fingerprint density at radius 1 is 1.19 bits per heavy atom. The number of hydrogen-bond acceptors (Lipinski definition) is 7. The molecule has 1 heterocycles. The highest BCUT2D eigenvalue weighted by Gasteiger charge is 2.27. The molecule has 0 aromatic rings. The van der Waals surface area contributed by atoms with Crippen molar-refractivity contribution in [3.63, 3.8) is 0 Å². The van der Waals surface area contributed by atoms with Gasteiger partial charge in [0.15, 0.2) is 9.84 Å². The first kappa shape index (κ1) is 18.6. The Morgan fingerprint density at radius 2 is 1.86 bits per heavy atom. The molecule has 1 saturated heterocycles. The van der Waals surface area contributed by atoms with Crippen LogP contribution in [0.15, 0.2) is 0 Å². The van der Waals surface area contributed by atoms with Crippen molar-refractivity contribution in [1.82, 2.24) is 5.32 Å². The smallest absolute Gasteiger partial charge is 0.256 e. The van der Waals surface area contributed by atoms with Crippen molar-refractivity contribution in [2.75, 3.05) is 57.7 Å². The number of hydrogen-bond donors (Lipinski definition) is 2. The van der Waals surface area contributed by atoms with Crippen molar-refractivity contribution >= 4 is 27.2 Å². The minimum Gasteiger partial charge on any atom is -0.469 e. The Hall–Kier alpha value is -0.480. The van der Waals surface area contributed by atoms with E-state index in [-0.39, 0.29) is 29.2 Å². The van der Waals surface area contributed by atoms with E-state index in [1.165, 1.54) is 0 Å². The van der Waals surface area contributed by atoms with Crippen molar-refractivity contribution in [1.29, 1.82) is 0 Å². The summed E-state index contributed by atoms with van der Waals surface area (Å²) in [5.41, 5.74) is 0. The van der Waals surface area contributed by atoms with Gasteiger partial charge in [-0.15, -0.1) is 0 Å². The van der Waals surface area contributed by atoms with Crippen LogP contribution in [0.25, 0.3) is 0 Å². The molecule has 0 spiro atoms. The zero-order chi connectivity index (χ0) is 15.6. The van der Waals surface area contributed by atoms with Gasteiger partial charge in [0.25, 0.3) is 5.17 Å². The quantitative estimate of drug-likeness (QED) is 0.399. The Kier molecular flexibility index (Phi) is 9.09. The van der Waals surface area contributed by atoms with Crippen molar-refractivity contribution in [2.24, 2.45) is 5.92 Å². The summed E-state index contributed by atoms with van der Waals surface area (Å²) in [7, 11) is -2.85. The van der Waals surface area contributed by atoms with E-state index in [4.69, 9.17) is 31.5 Å². The third kappa shape index (κ3) is 9.20. The summed E-state index contributed by atoms with van der Waals surface area (Å²) in [5.74, 6) is 0.593. The third-order valence-electron chi connectivity index (χ3n) is 2.93. The van der Waals surface area contributed by atoms with E-state index in [1.807, 2.05) is 0 Å². The zero-order valence-corrected chi connectivity index (χ0v) is 13.6. The summed E-state index contributed by atoms with van der Waals surface area (Å²) in [6.45, 7) is 2.42. The van der Waals surface area contributed by atoms with Crippen LogP contribution >= 0.6 is 12.2 Å². The minimum atomic E-state index is -2.85. The van der Waals surface area contributed by atoms with Crippen LogP contribution in [0.4, 0.5) is 0 Å². The van der Waals surface area contributed by atoms with Crippen LogP contribution in [0.1, 0.15) is 6.42 Å². The van der Waals surface area contributed by atoms with Crippen molar-refractivity contribution in [3.8, 4) is 0 Å². The zero-order valence-electron chi connectivity index (χ0n) is 12.0. The normalized spacial score (nSPS) is 20.3. The van der Waals surface area contributed by atoms with Gasteiger partial charge in [-0.25, -0.2) is 8.42 Å². The molecule has 1 aliphatic heterocycles. The molecule has 0 aliphatic carbocycles. The van der Waals surface area contributed by atoms with E-state index in [0.29, 0.717) is 46.0 Å². The molecule has 1 rings (SSSR count). The maximum Gasteiger partial charge on any atom is 0.256 e. The summed E-state index contributed by atoms with van der Waals surface area (Å²) >= 11 is 4.99. The molecule has 0 unspecified atom stereocenters. The van der Waals surface area contributed by atoms with Crippen molar-refractivity contribution < 1.29 is 27.7 Å². The lowest BCUT2D eigenvalue weighted by molar-refractivity contribution is 0.0235. The second-order valence-electron chi connectivity index (χ2n) is 4.73. The molecule has 1 aliphatic rings. The third-order valence-corrected chi connectivity index (χ3v) is 5.03. The topological polar surface area (TPSA) is 94.1 Å². The molecule has 9 heteroatoms. The highest BCUT2D eigenvalue weighted by Crippen LogP contribution is 2.17. The fourth-order valence-electron chi connectivity index (χ4n) is 1.89. The van der Waals surface area contributed by atoms with Crippen LogP contribution in [0, 0.1) is 5.92 Å². The van der Waals surface area contributed by atoms with Gasteiger partial charge < -0.3 is 24.6 Å². The van der Waals surface area contributed by atoms with Gasteiger partial charge in [-0.1, -0.05) is 0 Å². The molecule has 21 heavy (non-hydrogen) atoms. The van der Waals surface area contributed by atoms with E-state index in [1.54, 1.807) is 0 Å². The maximum absolute atomic E-state index is 11.3. The van der Waals surface area contributed by atoms with E-state index in [2.05, 4.69) is 5.32 Å². The molecule has 0 bridgehead atoms. The molecule has 0 radical (unpaired) electrons. The number of ether oxygens (including phenoxy) is 3. The van der Waals surface area contributed by atoms with Gasteiger partial charge in [0.05, 0.1) is 44.5 Å². The van der Waals surface area contributed by atoms with Crippen LogP contribution in [0.5, 0.6) is 0 Å². The molecule has 1 fully saturated rings. The molecule has 124 valence electrons. The molecule has 2 N–H and O–H groups in total. The summed E-state index contributed by atoms with van der Waals surface area (Å²) in [6, 6.07) is 0. The molecule has 0 saturated carbocycles. The number of sulfone groups is 1. The Labute approximate surface area is 130 Å². The molecule has 1 atom stereocenters. The van der Waals surface area contributed by atoms with Gasteiger partial charge in [-0.2, -0.15) is 0 Å². The predicted octanol–water partition coefficient (Wildman–Crippen LogP) is -0.662. The molecular formula is C12H23NO6S2. The fourth-order valence-corrected chi connectivity index (χ4v) is 3.92. The Balaban J connectivity index is 1.92. The number of aliphatic hydroxyl groups is 1. The second kappa shape index (κ2) is 10.3. The number of aliphatic hydroxyl groups excluding tert-OH is 1. The first-order valence-corrected chi connectivity index (χ1v) is 9.14. The lowest BCUT2D eigenvalue weighted by Crippen LogP contribution is -2.31. The average Bonchev–Trinajstić information content (AvgIpc) is 2.79. The Morgan fingerprint density at radius 3 is 2.48 bits per heavy atom. The largest absolute Gasteiger partial charge is 0.469 e. The molecule has 0 aromatic heterocycles. The number of thiocarbonyl (C=S) groups is 1. The Bertz CT molecular complexity index is 401. The second-order valence-corrected chi connectivity index (χ2v) is 7.33. The van der Waals surface area contributed by atoms with Crippen molar-refractivity contribution in [3.05, 3.63) is 0 Å².